The average molecular weight is 256 g/mol. The molecule has 0 spiro atoms. The van der Waals surface area contributed by atoms with Gasteiger partial charge in [0.15, 0.2) is 0 Å². The molecule has 1 aromatic rings. The van der Waals surface area contributed by atoms with E-state index in [0.717, 1.165) is 28.9 Å². The molecule has 1 heteroatoms. The Kier molecular flexibility index (Phi) is 2.35. The lowest BCUT2D eigenvalue weighted by atomic mass is 9.47. The van der Waals surface area contributed by atoms with E-state index in [4.69, 9.17) is 0 Å². The molecule has 4 bridgehead atoms. The second kappa shape index (κ2) is 3.77. The van der Waals surface area contributed by atoms with E-state index in [1.54, 1.807) is 0 Å². The van der Waals surface area contributed by atoms with Crippen LogP contribution in [0.5, 0.6) is 5.75 Å². The van der Waals surface area contributed by atoms with Gasteiger partial charge in [-0.15, -0.1) is 0 Å². The van der Waals surface area contributed by atoms with Crippen LogP contribution in [0.25, 0.3) is 0 Å². The fraction of sp³-hybridized carbons (Fsp3) is 0.667. The SMILES string of the molecule is Cc1ccc(C23CC4CC(CC(C4)C2)C3)c(C)c1O. The lowest BCUT2D eigenvalue weighted by Gasteiger charge is -2.57. The summed E-state index contributed by atoms with van der Waals surface area (Å²) in [5.74, 6) is 3.44. The summed E-state index contributed by atoms with van der Waals surface area (Å²) < 4.78 is 0. The summed E-state index contributed by atoms with van der Waals surface area (Å²) in [6.45, 7) is 4.13. The van der Waals surface area contributed by atoms with E-state index < -0.39 is 0 Å². The molecule has 0 atom stereocenters. The van der Waals surface area contributed by atoms with E-state index in [9.17, 15) is 5.11 Å². The number of rotatable bonds is 1. The standard InChI is InChI=1S/C18H24O/c1-11-3-4-16(12(2)17(11)19)18-8-13-5-14(9-18)7-15(6-13)10-18/h3-4,13-15,19H,5-10H2,1-2H3. The highest BCUT2D eigenvalue weighted by Gasteiger charge is 2.52. The van der Waals surface area contributed by atoms with E-state index in [1.807, 2.05) is 6.92 Å². The number of hydrogen-bond donors (Lipinski definition) is 1. The second-order valence-corrected chi connectivity index (χ2v) is 7.60. The molecule has 1 nitrogen and oxygen atoms in total. The maximum absolute atomic E-state index is 10.3. The molecule has 4 aliphatic carbocycles. The van der Waals surface area contributed by atoms with Gasteiger partial charge in [0.1, 0.15) is 5.75 Å². The van der Waals surface area contributed by atoms with Gasteiger partial charge in [-0.3, -0.25) is 0 Å². The zero-order valence-electron chi connectivity index (χ0n) is 12.1. The fourth-order valence-electron chi connectivity index (χ4n) is 5.85. The van der Waals surface area contributed by atoms with Crippen molar-refractivity contribution in [3.63, 3.8) is 0 Å². The molecule has 0 amide bonds. The van der Waals surface area contributed by atoms with Crippen LogP contribution in [0.1, 0.15) is 55.2 Å². The average Bonchev–Trinajstić information content (AvgIpc) is 2.34. The molecule has 19 heavy (non-hydrogen) atoms. The first-order valence-electron chi connectivity index (χ1n) is 7.87. The molecule has 0 aromatic heterocycles. The predicted molar refractivity (Wildman–Crippen MR) is 77.4 cm³/mol. The molecule has 4 aliphatic rings. The number of phenols is 1. The summed E-state index contributed by atoms with van der Waals surface area (Å²) >= 11 is 0. The van der Waals surface area contributed by atoms with Crippen LogP contribution in [0.4, 0.5) is 0 Å². The number of phenolic OH excluding ortho intramolecular Hbond substituents is 1. The van der Waals surface area contributed by atoms with Gasteiger partial charge in [0.05, 0.1) is 0 Å². The maximum Gasteiger partial charge on any atom is 0.121 e. The Morgan fingerprint density at radius 1 is 0.947 bits per heavy atom. The summed E-state index contributed by atoms with van der Waals surface area (Å²) in [5, 5.41) is 10.3. The van der Waals surface area contributed by atoms with Crippen LogP contribution >= 0.6 is 0 Å². The number of hydrogen-bond acceptors (Lipinski definition) is 1. The van der Waals surface area contributed by atoms with Crippen molar-refractivity contribution in [3.05, 3.63) is 28.8 Å². The van der Waals surface area contributed by atoms with Gasteiger partial charge in [-0.2, -0.15) is 0 Å². The van der Waals surface area contributed by atoms with Gasteiger partial charge in [0.25, 0.3) is 0 Å². The van der Waals surface area contributed by atoms with E-state index in [2.05, 4.69) is 19.1 Å². The highest BCUT2D eigenvalue weighted by atomic mass is 16.3. The quantitative estimate of drug-likeness (QED) is 0.785. The molecule has 0 radical (unpaired) electrons. The second-order valence-electron chi connectivity index (χ2n) is 7.60. The Labute approximate surface area is 116 Å². The first-order chi connectivity index (χ1) is 9.07. The molecular weight excluding hydrogens is 232 g/mol. The minimum absolute atomic E-state index is 0.407. The Balaban J connectivity index is 1.82. The van der Waals surface area contributed by atoms with E-state index in [0.29, 0.717) is 11.2 Å². The summed E-state index contributed by atoms with van der Waals surface area (Å²) in [7, 11) is 0. The smallest absolute Gasteiger partial charge is 0.121 e. The Bertz CT molecular complexity index is 493. The van der Waals surface area contributed by atoms with Crippen molar-refractivity contribution in [1.29, 1.82) is 0 Å². The fourth-order valence-corrected chi connectivity index (χ4v) is 5.85. The molecule has 0 heterocycles. The third kappa shape index (κ3) is 1.60. The van der Waals surface area contributed by atoms with Crippen LogP contribution in [-0.2, 0) is 5.41 Å². The lowest BCUT2D eigenvalue weighted by Crippen LogP contribution is -2.48. The van der Waals surface area contributed by atoms with Crippen LogP contribution in [0.3, 0.4) is 0 Å². The predicted octanol–water partition coefficient (Wildman–Crippen LogP) is 4.48. The van der Waals surface area contributed by atoms with Crippen molar-refractivity contribution in [2.75, 3.05) is 0 Å². The van der Waals surface area contributed by atoms with Gasteiger partial charge in [0.2, 0.25) is 0 Å². The van der Waals surface area contributed by atoms with Crippen molar-refractivity contribution >= 4 is 0 Å². The normalized spacial score (nSPS) is 39.8. The number of benzene rings is 1. The van der Waals surface area contributed by atoms with Gasteiger partial charge < -0.3 is 5.11 Å². The van der Waals surface area contributed by atoms with Crippen molar-refractivity contribution < 1.29 is 5.11 Å². The minimum Gasteiger partial charge on any atom is -0.507 e. The topological polar surface area (TPSA) is 20.2 Å². The maximum atomic E-state index is 10.3. The minimum atomic E-state index is 0.407. The summed E-state index contributed by atoms with van der Waals surface area (Å²) in [5.41, 5.74) is 4.05. The third-order valence-corrected chi connectivity index (χ3v) is 6.24. The van der Waals surface area contributed by atoms with Gasteiger partial charge in [0, 0.05) is 0 Å². The van der Waals surface area contributed by atoms with Gasteiger partial charge in [-0.05, 0) is 92.2 Å². The Hall–Kier alpha value is -0.980. The first-order valence-corrected chi connectivity index (χ1v) is 7.87. The zero-order valence-corrected chi connectivity index (χ0v) is 12.1. The molecule has 0 saturated heterocycles. The Morgan fingerprint density at radius 3 is 2.00 bits per heavy atom. The summed E-state index contributed by atoms with van der Waals surface area (Å²) in [6.07, 6.45) is 8.58. The van der Waals surface area contributed by atoms with Crippen LogP contribution in [-0.4, -0.2) is 5.11 Å². The lowest BCUT2D eigenvalue weighted by molar-refractivity contribution is -0.00556. The van der Waals surface area contributed by atoms with E-state index >= 15 is 0 Å². The molecule has 102 valence electrons. The molecule has 4 fully saturated rings. The summed E-state index contributed by atoms with van der Waals surface area (Å²) in [6, 6.07) is 4.44. The van der Waals surface area contributed by atoms with Crippen molar-refractivity contribution in [3.8, 4) is 5.75 Å². The van der Waals surface area contributed by atoms with Crippen LogP contribution < -0.4 is 0 Å². The van der Waals surface area contributed by atoms with E-state index in [1.165, 1.54) is 44.1 Å². The van der Waals surface area contributed by atoms with Crippen molar-refractivity contribution in [2.24, 2.45) is 17.8 Å². The van der Waals surface area contributed by atoms with Gasteiger partial charge >= 0.3 is 0 Å². The van der Waals surface area contributed by atoms with Crippen LogP contribution in [0, 0.1) is 31.6 Å². The molecule has 0 unspecified atom stereocenters. The zero-order chi connectivity index (χ0) is 13.2. The molecular formula is C18H24O. The Morgan fingerprint density at radius 2 is 1.47 bits per heavy atom. The molecule has 1 N–H and O–H groups in total. The third-order valence-electron chi connectivity index (χ3n) is 6.24. The van der Waals surface area contributed by atoms with Crippen molar-refractivity contribution in [2.45, 2.75) is 57.8 Å². The van der Waals surface area contributed by atoms with Gasteiger partial charge in [-0.25, -0.2) is 0 Å². The number of aromatic hydroxyl groups is 1. The largest absolute Gasteiger partial charge is 0.507 e. The monoisotopic (exact) mass is 256 g/mol. The molecule has 5 rings (SSSR count). The van der Waals surface area contributed by atoms with Crippen molar-refractivity contribution in [1.82, 2.24) is 0 Å². The first kappa shape index (κ1) is 11.8. The highest BCUT2D eigenvalue weighted by molar-refractivity contribution is 5.48. The number of aryl methyl sites for hydroxylation is 1. The van der Waals surface area contributed by atoms with Crippen LogP contribution in [0.2, 0.25) is 0 Å². The molecule has 1 aromatic carbocycles. The summed E-state index contributed by atoms with van der Waals surface area (Å²) in [4.78, 5) is 0. The van der Waals surface area contributed by atoms with E-state index in [-0.39, 0.29) is 0 Å². The van der Waals surface area contributed by atoms with Crippen LogP contribution in [0.15, 0.2) is 12.1 Å². The highest BCUT2D eigenvalue weighted by Crippen LogP contribution is 2.61. The molecule has 0 aliphatic heterocycles. The molecule has 4 saturated carbocycles. The van der Waals surface area contributed by atoms with Gasteiger partial charge in [-0.1, -0.05) is 12.1 Å².